The van der Waals surface area contributed by atoms with E-state index >= 15 is 0 Å². The fourth-order valence-electron chi connectivity index (χ4n) is 2.54. The molecule has 0 aromatic heterocycles. The van der Waals surface area contributed by atoms with E-state index < -0.39 is 0 Å². The Bertz CT molecular complexity index is 1000. The van der Waals surface area contributed by atoms with Gasteiger partial charge in [0.05, 0.1) is 19.9 Å². The van der Waals surface area contributed by atoms with E-state index in [2.05, 4.69) is 31.8 Å². The number of hydrazone groups is 1. The van der Waals surface area contributed by atoms with Gasteiger partial charge in [-0.05, 0) is 35.0 Å². The number of hydrogen-bond acceptors (Lipinski definition) is 5. The summed E-state index contributed by atoms with van der Waals surface area (Å²) in [7, 11) is 1.46. The maximum atomic E-state index is 12.0. The van der Waals surface area contributed by atoms with Crippen LogP contribution in [0.2, 0.25) is 0 Å². The van der Waals surface area contributed by atoms with E-state index in [1.54, 1.807) is 12.1 Å². The quantitative estimate of drug-likeness (QED) is 0.411. The molecule has 1 amide bonds. The molecule has 3 N–H and O–H groups in total. The van der Waals surface area contributed by atoms with E-state index in [0.717, 1.165) is 20.9 Å². The molecule has 0 saturated heterocycles. The third-order valence-electron chi connectivity index (χ3n) is 3.88. The number of phenolic OH excluding ortho intramolecular Hbond substituents is 1. The summed E-state index contributed by atoms with van der Waals surface area (Å²) < 4.78 is 5.80. The van der Waals surface area contributed by atoms with Crippen molar-refractivity contribution in [2.24, 2.45) is 5.10 Å². The Morgan fingerprint density at radius 1 is 1.19 bits per heavy atom. The first-order chi connectivity index (χ1) is 13.1. The molecule has 0 saturated carbocycles. The first-order valence-corrected chi connectivity index (χ1v) is 8.97. The second-order valence-electron chi connectivity index (χ2n) is 5.75. The van der Waals surface area contributed by atoms with Gasteiger partial charge in [-0.15, -0.1) is 0 Å². The molecule has 0 unspecified atom stereocenters. The number of anilines is 1. The minimum Gasteiger partial charge on any atom is -0.504 e. The van der Waals surface area contributed by atoms with Gasteiger partial charge >= 0.3 is 0 Å². The minimum absolute atomic E-state index is 0.0482. The summed E-state index contributed by atoms with van der Waals surface area (Å²) in [5, 5.41) is 19.2. The molecule has 3 aromatic rings. The van der Waals surface area contributed by atoms with E-state index in [0.29, 0.717) is 11.3 Å². The maximum absolute atomic E-state index is 12.0. The Balaban J connectivity index is 1.58. The highest BCUT2D eigenvalue weighted by atomic mass is 79.9. The van der Waals surface area contributed by atoms with Crippen LogP contribution in [0.1, 0.15) is 5.56 Å². The molecule has 0 aliphatic heterocycles. The standard InChI is InChI=1S/C20H18BrN3O3/c1-27-18-10-16(21)8-15(20(18)26)11-23-24-19(25)12-22-17-7-6-13-4-2-3-5-14(13)9-17/h2-11,22,26H,12H2,1H3,(H,24,25)/b23-11-. The minimum atomic E-state index is -0.305. The van der Waals surface area contributed by atoms with Gasteiger partial charge in [0.2, 0.25) is 0 Å². The van der Waals surface area contributed by atoms with Crippen LogP contribution in [0.25, 0.3) is 10.8 Å². The number of aromatic hydroxyl groups is 1. The second kappa shape index (κ2) is 8.55. The van der Waals surface area contributed by atoms with Crippen molar-refractivity contribution in [2.75, 3.05) is 19.0 Å². The summed E-state index contributed by atoms with van der Waals surface area (Å²) in [6.07, 6.45) is 1.36. The molecule has 3 rings (SSSR count). The molecule has 0 radical (unpaired) electrons. The lowest BCUT2D eigenvalue weighted by Gasteiger charge is -2.08. The summed E-state index contributed by atoms with van der Waals surface area (Å²) in [6.45, 7) is 0.0729. The van der Waals surface area contributed by atoms with Gasteiger partial charge in [-0.25, -0.2) is 5.43 Å². The highest BCUT2D eigenvalue weighted by Gasteiger charge is 2.08. The third-order valence-corrected chi connectivity index (χ3v) is 4.34. The highest BCUT2D eigenvalue weighted by molar-refractivity contribution is 9.10. The SMILES string of the molecule is COc1cc(Br)cc(/C=N\NC(=O)CNc2ccc3ccccc3c2)c1O. The molecule has 0 atom stereocenters. The van der Waals surface area contributed by atoms with Crippen LogP contribution in [0.3, 0.4) is 0 Å². The number of fused-ring (bicyclic) bond motifs is 1. The number of benzene rings is 3. The average Bonchev–Trinajstić information content (AvgIpc) is 2.68. The third kappa shape index (κ3) is 4.77. The number of hydrogen-bond donors (Lipinski definition) is 3. The van der Waals surface area contributed by atoms with Crippen LogP contribution in [0, 0.1) is 0 Å². The van der Waals surface area contributed by atoms with Crippen molar-refractivity contribution in [3.8, 4) is 11.5 Å². The molecule has 3 aromatic carbocycles. The Hall–Kier alpha value is -3.06. The zero-order valence-electron chi connectivity index (χ0n) is 14.6. The monoisotopic (exact) mass is 427 g/mol. The van der Waals surface area contributed by atoms with Crippen LogP contribution < -0.4 is 15.5 Å². The van der Waals surface area contributed by atoms with Crippen LogP contribution in [0.15, 0.2) is 64.2 Å². The van der Waals surface area contributed by atoms with Gasteiger partial charge in [-0.3, -0.25) is 4.79 Å². The van der Waals surface area contributed by atoms with Crippen LogP contribution in [-0.4, -0.2) is 30.9 Å². The number of nitrogens with zero attached hydrogens (tertiary/aromatic N) is 1. The molecule has 6 nitrogen and oxygen atoms in total. The molecule has 0 spiro atoms. The molecular weight excluding hydrogens is 410 g/mol. The molecule has 138 valence electrons. The smallest absolute Gasteiger partial charge is 0.259 e. The summed E-state index contributed by atoms with van der Waals surface area (Å²) in [6, 6.07) is 17.2. The lowest BCUT2D eigenvalue weighted by atomic mass is 10.1. The number of rotatable bonds is 6. The number of nitrogens with one attached hydrogen (secondary N) is 2. The van der Waals surface area contributed by atoms with E-state index in [9.17, 15) is 9.90 Å². The van der Waals surface area contributed by atoms with Crippen molar-refractivity contribution in [3.05, 3.63) is 64.6 Å². The maximum Gasteiger partial charge on any atom is 0.259 e. The summed E-state index contributed by atoms with van der Waals surface area (Å²) in [5.74, 6) is -0.0380. The lowest BCUT2D eigenvalue weighted by molar-refractivity contribution is -0.119. The molecule has 0 aliphatic rings. The number of ether oxygens (including phenoxy) is 1. The zero-order valence-corrected chi connectivity index (χ0v) is 16.2. The topological polar surface area (TPSA) is 83.0 Å². The first-order valence-electron chi connectivity index (χ1n) is 8.18. The predicted molar refractivity (Wildman–Crippen MR) is 111 cm³/mol. The summed E-state index contributed by atoms with van der Waals surface area (Å²) in [5.41, 5.74) is 3.69. The Morgan fingerprint density at radius 3 is 2.74 bits per heavy atom. The number of carbonyl (C=O) groups is 1. The van der Waals surface area contributed by atoms with Crippen molar-refractivity contribution in [2.45, 2.75) is 0 Å². The van der Waals surface area contributed by atoms with Gasteiger partial charge < -0.3 is 15.2 Å². The van der Waals surface area contributed by atoms with Crippen molar-refractivity contribution in [1.29, 1.82) is 0 Å². The van der Waals surface area contributed by atoms with Crippen LogP contribution in [-0.2, 0) is 4.79 Å². The van der Waals surface area contributed by atoms with E-state index in [4.69, 9.17) is 4.74 Å². The van der Waals surface area contributed by atoms with Gasteiger partial charge in [0.25, 0.3) is 5.91 Å². The van der Waals surface area contributed by atoms with Gasteiger partial charge in [-0.2, -0.15) is 5.10 Å². The van der Waals surface area contributed by atoms with Crippen LogP contribution in [0.4, 0.5) is 5.69 Å². The number of amides is 1. The lowest BCUT2D eigenvalue weighted by Crippen LogP contribution is -2.25. The van der Waals surface area contributed by atoms with E-state index in [-0.39, 0.29) is 18.2 Å². The van der Waals surface area contributed by atoms with Crippen molar-refractivity contribution in [3.63, 3.8) is 0 Å². The number of methoxy groups -OCH3 is 1. The van der Waals surface area contributed by atoms with E-state index in [1.165, 1.54) is 13.3 Å². The summed E-state index contributed by atoms with van der Waals surface area (Å²) in [4.78, 5) is 12.0. The Kier molecular flexibility index (Phi) is 5.93. The molecule has 0 bridgehead atoms. The molecule has 7 heteroatoms. The fraction of sp³-hybridized carbons (Fsp3) is 0.100. The molecule has 27 heavy (non-hydrogen) atoms. The first kappa shape index (κ1) is 18.7. The van der Waals surface area contributed by atoms with Crippen molar-refractivity contribution >= 4 is 44.5 Å². The normalized spacial score (nSPS) is 10.9. The number of halogens is 1. The number of phenols is 1. The zero-order chi connectivity index (χ0) is 19.2. The Morgan fingerprint density at radius 2 is 1.96 bits per heavy atom. The summed E-state index contributed by atoms with van der Waals surface area (Å²) >= 11 is 3.33. The van der Waals surface area contributed by atoms with Crippen molar-refractivity contribution < 1.29 is 14.6 Å². The van der Waals surface area contributed by atoms with Crippen LogP contribution in [0.5, 0.6) is 11.5 Å². The largest absolute Gasteiger partial charge is 0.504 e. The molecule has 0 heterocycles. The van der Waals surface area contributed by atoms with Gasteiger partial charge in [0.15, 0.2) is 11.5 Å². The van der Waals surface area contributed by atoms with Gasteiger partial charge in [-0.1, -0.05) is 46.3 Å². The predicted octanol–water partition coefficient (Wildman–Crippen LogP) is 3.88. The Labute approximate surface area is 165 Å². The molecular formula is C20H18BrN3O3. The molecule has 0 fully saturated rings. The highest BCUT2D eigenvalue weighted by Crippen LogP contribution is 2.32. The average molecular weight is 428 g/mol. The van der Waals surface area contributed by atoms with E-state index in [1.807, 2.05) is 42.5 Å². The van der Waals surface area contributed by atoms with Crippen molar-refractivity contribution in [1.82, 2.24) is 5.43 Å². The van der Waals surface area contributed by atoms with Gasteiger partial charge in [0, 0.05) is 15.7 Å². The second-order valence-corrected chi connectivity index (χ2v) is 6.67. The number of carbonyl (C=O) groups excluding carboxylic acids is 1. The fourth-order valence-corrected chi connectivity index (χ4v) is 3.00. The van der Waals surface area contributed by atoms with Gasteiger partial charge in [0.1, 0.15) is 0 Å². The van der Waals surface area contributed by atoms with Crippen LogP contribution >= 0.6 is 15.9 Å². The molecule has 0 aliphatic carbocycles.